The fourth-order valence-corrected chi connectivity index (χ4v) is 4.32. The first kappa shape index (κ1) is 16.3. The van der Waals surface area contributed by atoms with Crippen LogP contribution in [0.5, 0.6) is 0 Å². The van der Waals surface area contributed by atoms with Crippen LogP contribution >= 0.6 is 0 Å². The zero-order valence-electron chi connectivity index (χ0n) is 13.7. The van der Waals surface area contributed by atoms with Gasteiger partial charge in [-0.1, -0.05) is 26.7 Å². The summed E-state index contributed by atoms with van der Waals surface area (Å²) in [4.78, 5) is 2.80. The summed E-state index contributed by atoms with van der Waals surface area (Å²) in [6, 6.07) is 1.46. The van der Waals surface area contributed by atoms with E-state index in [9.17, 15) is 5.11 Å². The van der Waals surface area contributed by atoms with E-state index in [2.05, 4.69) is 24.1 Å². The van der Waals surface area contributed by atoms with Gasteiger partial charge in [-0.3, -0.25) is 4.90 Å². The highest BCUT2D eigenvalue weighted by atomic mass is 16.3. The van der Waals surface area contributed by atoms with Crippen LogP contribution in [0.1, 0.15) is 65.2 Å². The first-order valence-corrected chi connectivity index (χ1v) is 8.66. The van der Waals surface area contributed by atoms with Gasteiger partial charge in [-0.25, -0.2) is 0 Å². The maximum absolute atomic E-state index is 9.81. The van der Waals surface area contributed by atoms with E-state index in [0.29, 0.717) is 6.04 Å². The SMILES string of the molecule is CNC1(CO)CCCC(N(CC(C)C)C2CCCC2)C1. The molecule has 0 heterocycles. The molecule has 118 valence electrons. The third-order valence-electron chi connectivity index (χ3n) is 5.49. The van der Waals surface area contributed by atoms with Crippen molar-refractivity contribution < 1.29 is 5.11 Å². The van der Waals surface area contributed by atoms with Crippen molar-refractivity contribution in [1.29, 1.82) is 0 Å². The average Bonchev–Trinajstić information content (AvgIpc) is 2.98. The normalized spacial score (nSPS) is 32.4. The van der Waals surface area contributed by atoms with Crippen LogP contribution in [0.25, 0.3) is 0 Å². The molecular weight excluding hydrogens is 248 g/mol. The predicted octanol–water partition coefficient (Wildman–Crippen LogP) is 2.78. The molecule has 2 atom stereocenters. The Balaban J connectivity index is 2.06. The lowest BCUT2D eigenvalue weighted by Gasteiger charge is -2.46. The highest BCUT2D eigenvalue weighted by Crippen LogP contribution is 2.35. The van der Waals surface area contributed by atoms with Crippen LogP contribution in [0.4, 0.5) is 0 Å². The number of nitrogens with zero attached hydrogens (tertiary/aromatic N) is 1. The van der Waals surface area contributed by atoms with Gasteiger partial charge < -0.3 is 10.4 Å². The van der Waals surface area contributed by atoms with Crippen LogP contribution in [0.2, 0.25) is 0 Å². The van der Waals surface area contributed by atoms with Crippen LogP contribution < -0.4 is 5.32 Å². The molecule has 2 unspecified atom stereocenters. The smallest absolute Gasteiger partial charge is 0.0613 e. The molecule has 0 spiro atoms. The highest BCUT2D eigenvalue weighted by molar-refractivity contribution is 4.97. The van der Waals surface area contributed by atoms with Crippen molar-refractivity contribution in [1.82, 2.24) is 10.2 Å². The minimum atomic E-state index is -0.0310. The van der Waals surface area contributed by atoms with E-state index in [1.165, 1.54) is 45.1 Å². The molecule has 0 bridgehead atoms. The number of hydrogen-bond acceptors (Lipinski definition) is 3. The molecule has 2 N–H and O–H groups in total. The van der Waals surface area contributed by atoms with Gasteiger partial charge in [0.15, 0.2) is 0 Å². The summed E-state index contributed by atoms with van der Waals surface area (Å²) in [5.41, 5.74) is -0.0310. The Morgan fingerprint density at radius 2 is 1.80 bits per heavy atom. The van der Waals surface area contributed by atoms with Gasteiger partial charge in [0.25, 0.3) is 0 Å². The molecule has 0 aromatic heterocycles. The molecule has 0 saturated heterocycles. The van der Waals surface area contributed by atoms with Gasteiger partial charge in [-0.2, -0.15) is 0 Å². The van der Waals surface area contributed by atoms with Gasteiger partial charge in [0.1, 0.15) is 0 Å². The van der Waals surface area contributed by atoms with Gasteiger partial charge in [0.2, 0.25) is 0 Å². The average molecular weight is 282 g/mol. The fraction of sp³-hybridized carbons (Fsp3) is 1.00. The molecule has 2 fully saturated rings. The summed E-state index contributed by atoms with van der Waals surface area (Å²) >= 11 is 0. The Bertz CT molecular complexity index is 283. The Morgan fingerprint density at radius 3 is 2.35 bits per heavy atom. The van der Waals surface area contributed by atoms with Crippen molar-refractivity contribution in [3.05, 3.63) is 0 Å². The summed E-state index contributed by atoms with van der Waals surface area (Å²) in [5, 5.41) is 13.2. The second kappa shape index (κ2) is 7.24. The summed E-state index contributed by atoms with van der Waals surface area (Å²) in [6.45, 7) is 6.17. The Labute approximate surface area is 125 Å². The van der Waals surface area contributed by atoms with Crippen LogP contribution in [-0.2, 0) is 0 Å². The van der Waals surface area contributed by atoms with E-state index < -0.39 is 0 Å². The summed E-state index contributed by atoms with van der Waals surface area (Å²) in [6.07, 6.45) is 10.4. The van der Waals surface area contributed by atoms with Gasteiger partial charge >= 0.3 is 0 Å². The molecule has 3 nitrogen and oxygen atoms in total. The minimum absolute atomic E-state index is 0.0310. The van der Waals surface area contributed by atoms with Crippen molar-refractivity contribution in [2.24, 2.45) is 5.92 Å². The van der Waals surface area contributed by atoms with E-state index in [4.69, 9.17) is 0 Å². The number of aliphatic hydroxyl groups excluding tert-OH is 1. The molecule has 3 heteroatoms. The largest absolute Gasteiger partial charge is 0.394 e. The van der Waals surface area contributed by atoms with Crippen LogP contribution in [-0.4, -0.2) is 47.8 Å². The van der Waals surface area contributed by atoms with Crippen molar-refractivity contribution in [2.45, 2.75) is 82.8 Å². The molecule has 0 aromatic carbocycles. The van der Waals surface area contributed by atoms with E-state index in [1.54, 1.807) is 0 Å². The molecule has 20 heavy (non-hydrogen) atoms. The second-order valence-corrected chi connectivity index (χ2v) is 7.47. The van der Waals surface area contributed by atoms with Crippen LogP contribution in [0, 0.1) is 5.92 Å². The van der Waals surface area contributed by atoms with E-state index in [0.717, 1.165) is 24.8 Å². The zero-order chi connectivity index (χ0) is 14.6. The van der Waals surface area contributed by atoms with E-state index >= 15 is 0 Å². The van der Waals surface area contributed by atoms with Crippen molar-refractivity contribution in [3.63, 3.8) is 0 Å². The third-order valence-corrected chi connectivity index (χ3v) is 5.49. The molecule has 2 rings (SSSR count). The highest BCUT2D eigenvalue weighted by Gasteiger charge is 2.39. The quantitative estimate of drug-likeness (QED) is 0.786. The lowest BCUT2D eigenvalue weighted by molar-refractivity contribution is 0.0360. The lowest BCUT2D eigenvalue weighted by Crippen LogP contribution is -2.56. The third kappa shape index (κ3) is 3.75. The van der Waals surface area contributed by atoms with Gasteiger partial charge in [0.05, 0.1) is 6.61 Å². The van der Waals surface area contributed by atoms with E-state index in [1.807, 2.05) is 7.05 Å². The van der Waals surface area contributed by atoms with Crippen molar-refractivity contribution >= 4 is 0 Å². The number of rotatable bonds is 6. The molecular formula is C17H34N2O. The molecule has 2 aliphatic rings. The lowest BCUT2D eigenvalue weighted by atomic mass is 9.78. The zero-order valence-corrected chi connectivity index (χ0v) is 13.7. The Kier molecular flexibility index (Phi) is 5.88. The van der Waals surface area contributed by atoms with E-state index in [-0.39, 0.29) is 12.1 Å². The van der Waals surface area contributed by atoms with Gasteiger partial charge in [-0.15, -0.1) is 0 Å². The number of aliphatic hydroxyl groups is 1. The van der Waals surface area contributed by atoms with Crippen molar-refractivity contribution in [3.8, 4) is 0 Å². The van der Waals surface area contributed by atoms with Crippen LogP contribution in [0.3, 0.4) is 0 Å². The van der Waals surface area contributed by atoms with Gasteiger partial charge in [-0.05, 0) is 51.5 Å². The molecule has 2 aliphatic carbocycles. The number of likely N-dealkylation sites (N-methyl/N-ethyl adjacent to an activating group) is 1. The Morgan fingerprint density at radius 1 is 1.15 bits per heavy atom. The summed E-state index contributed by atoms with van der Waals surface area (Å²) < 4.78 is 0. The molecule has 0 aliphatic heterocycles. The number of hydrogen-bond donors (Lipinski definition) is 2. The summed E-state index contributed by atoms with van der Waals surface area (Å²) in [5.74, 6) is 0.732. The topological polar surface area (TPSA) is 35.5 Å². The molecule has 2 saturated carbocycles. The fourth-order valence-electron chi connectivity index (χ4n) is 4.32. The number of nitrogens with one attached hydrogen (secondary N) is 1. The maximum atomic E-state index is 9.81. The first-order valence-electron chi connectivity index (χ1n) is 8.66. The Hall–Kier alpha value is -0.120. The maximum Gasteiger partial charge on any atom is 0.0613 e. The second-order valence-electron chi connectivity index (χ2n) is 7.47. The first-order chi connectivity index (χ1) is 9.60. The monoisotopic (exact) mass is 282 g/mol. The molecule has 0 radical (unpaired) electrons. The van der Waals surface area contributed by atoms with Crippen LogP contribution in [0.15, 0.2) is 0 Å². The standard InChI is InChI=1S/C17H34N2O/c1-14(2)12-19(15-7-4-5-8-15)16-9-6-10-17(11-16,13-20)18-3/h14-16,18,20H,4-13H2,1-3H3. The minimum Gasteiger partial charge on any atom is -0.394 e. The van der Waals surface area contributed by atoms with Crippen molar-refractivity contribution in [2.75, 3.05) is 20.2 Å². The predicted molar refractivity (Wildman–Crippen MR) is 84.9 cm³/mol. The van der Waals surface area contributed by atoms with Gasteiger partial charge in [0, 0.05) is 24.2 Å². The molecule has 0 aromatic rings. The molecule has 0 amide bonds. The summed E-state index contributed by atoms with van der Waals surface area (Å²) in [7, 11) is 2.01.